The van der Waals surface area contributed by atoms with E-state index >= 15 is 0 Å². The van der Waals surface area contributed by atoms with Crippen LogP contribution in [0, 0.1) is 19.7 Å². The summed E-state index contributed by atoms with van der Waals surface area (Å²) in [5.41, 5.74) is 7.17. The van der Waals surface area contributed by atoms with E-state index in [0.717, 1.165) is 0 Å². The van der Waals surface area contributed by atoms with Crippen molar-refractivity contribution < 1.29 is 14.3 Å². The molecule has 6 N–H and O–H groups in total. The third kappa shape index (κ3) is 3.34. The lowest BCUT2D eigenvalue weighted by atomic mass is 10.1. The zero-order valence-corrected chi connectivity index (χ0v) is 12.3. The first kappa shape index (κ1) is 15.8. The molecule has 118 valence electrons. The first-order chi connectivity index (χ1) is 10.4. The predicted molar refractivity (Wildman–Crippen MR) is 80.9 cm³/mol. The molecule has 0 radical (unpaired) electrons. The van der Waals surface area contributed by atoms with Gasteiger partial charge in [0.2, 0.25) is 0 Å². The molecule has 2 aromatic rings. The Morgan fingerprint density at radius 3 is 2.77 bits per heavy atom. The highest BCUT2D eigenvalue weighted by molar-refractivity contribution is 5.89. The van der Waals surface area contributed by atoms with E-state index in [4.69, 9.17) is 5.73 Å². The van der Waals surface area contributed by atoms with Crippen LogP contribution in [-0.2, 0) is 0 Å². The van der Waals surface area contributed by atoms with E-state index in [9.17, 15) is 14.3 Å². The largest absolute Gasteiger partial charge is 0.394 e. The van der Waals surface area contributed by atoms with E-state index in [2.05, 4.69) is 20.8 Å². The number of aromatic amines is 1. The second-order valence-electron chi connectivity index (χ2n) is 4.95. The van der Waals surface area contributed by atoms with Gasteiger partial charge in [-0.2, -0.15) is 5.10 Å². The van der Waals surface area contributed by atoms with Crippen molar-refractivity contribution >= 4 is 17.7 Å². The summed E-state index contributed by atoms with van der Waals surface area (Å²) in [6.07, 6.45) is 0. The van der Waals surface area contributed by atoms with Crippen molar-refractivity contribution in [2.24, 2.45) is 0 Å². The summed E-state index contributed by atoms with van der Waals surface area (Å²) in [6, 6.07) is 3.22. The Labute approximate surface area is 126 Å². The van der Waals surface area contributed by atoms with E-state index in [0.29, 0.717) is 28.3 Å². The zero-order valence-electron chi connectivity index (χ0n) is 12.3. The van der Waals surface area contributed by atoms with Gasteiger partial charge in [-0.1, -0.05) is 12.1 Å². The minimum Gasteiger partial charge on any atom is -0.394 e. The lowest BCUT2D eigenvalue weighted by molar-refractivity contribution is 0.225. The number of rotatable bonds is 4. The third-order valence-electron chi connectivity index (χ3n) is 3.37. The normalized spacial score (nSPS) is 12.0. The van der Waals surface area contributed by atoms with Crippen LogP contribution in [0.1, 0.15) is 22.7 Å². The maximum absolute atomic E-state index is 13.6. The second kappa shape index (κ2) is 6.44. The molecule has 1 unspecified atom stereocenters. The molecule has 22 heavy (non-hydrogen) atoms. The van der Waals surface area contributed by atoms with Crippen molar-refractivity contribution in [3.8, 4) is 0 Å². The number of benzene rings is 1. The molecular formula is C14H18FN5O2. The van der Waals surface area contributed by atoms with Crippen LogP contribution in [0.2, 0.25) is 0 Å². The van der Waals surface area contributed by atoms with Gasteiger partial charge in [0, 0.05) is 5.56 Å². The van der Waals surface area contributed by atoms with Crippen LogP contribution in [-0.4, -0.2) is 27.9 Å². The van der Waals surface area contributed by atoms with E-state index < -0.39 is 17.9 Å². The number of anilines is 2. The van der Waals surface area contributed by atoms with Crippen LogP contribution < -0.4 is 16.4 Å². The molecule has 0 saturated carbocycles. The fourth-order valence-electron chi connectivity index (χ4n) is 1.90. The van der Waals surface area contributed by atoms with Crippen LogP contribution in [0.4, 0.5) is 20.8 Å². The molecule has 1 aromatic carbocycles. The van der Waals surface area contributed by atoms with Gasteiger partial charge in [-0.15, -0.1) is 0 Å². The first-order valence-electron chi connectivity index (χ1n) is 6.67. The average molecular weight is 307 g/mol. The number of nitrogens with two attached hydrogens (primary N) is 1. The molecule has 0 bridgehead atoms. The molecule has 0 aliphatic heterocycles. The maximum atomic E-state index is 13.6. The number of amides is 2. The van der Waals surface area contributed by atoms with Gasteiger partial charge in [0.15, 0.2) is 5.82 Å². The molecule has 1 heterocycles. The van der Waals surface area contributed by atoms with Crippen molar-refractivity contribution in [2.75, 3.05) is 17.7 Å². The van der Waals surface area contributed by atoms with Gasteiger partial charge in [-0.25, -0.2) is 9.18 Å². The van der Waals surface area contributed by atoms with Crippen LogP contribution in [0.5, 0.6) is 0 Å². The number of hydrogen-bond acceptors (Lipinski definition) is 4. The van der Waals surface area contributed by atoms with Gasteiger partial charge < -0.3 is 16.2 Å². The van der Waals surface area contributed by atoms with Crippen LogP contribution in [0.3, 0.4) is 0 Å². The Kier molecular flexibility index (Phi) is 4.62. The number of aliphatic hydroxyl groups excluding tert-OH is 1. The highest BCUT2D eigenvalue weighted by atomic mass is 19.1. The molecule has 1 aromatic heterocycles. The Morgan fingerprint density at radius 1 is 1.50 bits per heavy atom. The number of hydrogen-bond donors (Lipinski definition) is 5. The summed E-state index contributed by atoms with van der Waals surface area (Å²) < 4.78 is 13.6. The van der Waals surface area contributed by atoms with Crippen LogP contribution in [0.15, 0.2) is 18.2 Å². The number of nitrogen functional groups attached to an aromatic ring is 1. The summed E-state index contributed by atoms with van der Waals surface area (Å²) >= 11 is 0. The van der Waals surface area contributed by atoms with Crippen molar-refractivity contribution in [2.45, 2.75) is 19.9 Å². The van der Waals surface area contributed by atoms with E-state index in [1.54, 1.807) is 26.0 Å². The number of H-pyrrole nitrogens is 1. The summed E-state index contributed by atoms with van der Waals surface area (Å²) in [5, 5.41) is 20.9. The number of nitrogens with one attached hydrogen (secondary N) is 3. The average Bonchev–Trinajstić information content (AvgIpc) is 2.80. The van der Waals surface area contributed by atoms with Crippen molar-refractivity contribution in [1.82, 2.24) is 15.5 Å². The zero-order chi connectivity index (χ0) is 16.3. The molecule has 8 heteroatoms. The highest BCUT2D eigenvalue weighted by Gasteiger charge is 2.16. The van der Waals surface area contributed by atoms with Gasteiger partial charge >= 0.3 is 6.03 Å². The third-order valence-corrected chi connectivity index (χ3v) is 3.37. The Morgan fingerprint density at radius 2 is 2.23 bits per heavy atom. The van der Waals surface area contributed by atoms with Gasteiger partial charge in [0.05, 0.1) is 12.6 Å². The monoisotopic (exact) mass is 307 g/mol. The lowest BCUT2D eigenvalue weighted by Crippen LogP contribution is -2.34. The molecule has 0 spiro atoms. The first-order valence-corrected chi connectivity index (χ1v) is 6.67. The maximum Gasteiger partial charge on any atom is 0.321 e. The molecule has 0 aliphatic carbocycles. The number of halogens is 1. The number of aryl methyl sites for hydroxylation is 1. The fourth-order valence-corrected chi connectivity index (χ4v) is 1.90. The summed E-state index contributed by atoms with van der Waals surface area (Å²) in [6.45, 7) is 2.98. The number of urea groups is 1. The fraction of sp³-hybridized carbons (Fsp3) is 0.286. The number of aromatic nitrogens is 2. The SMILES string of the molecule is Cc1ccc(C(CO)NC(=O)Nc2n[nH]c(N)c2C)cc1F. The summed E-state index contributed by atoms with van der Waals surface area (Å²) in [5.74, 6) is 0.255. The van der Waals surface area contributed by atoms with Gasteiger partial charge in [-0.3, -0.25) is 10.4 Å². The van der Waals surface area contributed by atoms with Gasteiger partial charge in [0.25, 0.3) is 0 Å². The number of carbonyl (C=O) groups is 1. The smallest absolute Gasteiger partial charge is 0.321 e. The van der Waals surface area contributed by atoms with Crippen molar-refractivity contribution in [1.29, 1.82) is 0 Å². The quantitative estimate of drug-likeness (QED) is 0.590. The predicted octanol–water partition coefficient (Wildman–Crippen LogP) is 1.60. The summed E-state index contributed by atoms with van der Waals surface area (Å²) in [4.78, 5) is 11.9. The number of carbonyl (C=O) groups excluding carboxylic acids is 1. The van der Waals surface area contributed by atoms with Gasteiger partial charge in [-0.05, 0) is 31.0 Å². The van der Waals surface area contributed by atoms with Crippen LogP contribution >= 0.6 is 0 Å². The second-order valence-corrected chi connectivity index (χ2v) is 4.95. The minimum atomic E-state index is -0.730. The van der Waals surface area contributed by atoms with E-state index in [-0.39, 0.29) is 6.61 Å². The molecule has 0 aliphatic rings. The molecule has 7 nitrogen and oxygen atoms in total. The molecule has 1 atom stereocenters. The summed E-state index contributed by atoms with van der Waals surface area (Å²) in [7, 11) is 0. The topological polar surface area (TPSA) is 116 Å². The highest BCUT2D eigenvalue weighted by Crippen LogP contribution is 2.18. The minimum absolute atomic E-state index is 0.293. The lowest BCUT2D eigenvalue weighted by Gasteiger charge is -2.17. The standard InChI is InChI=1S/C14H18FN5O2/c1-7-3-4-9(5-10(7)15)11(6-21)17-14(22)18-13-8(2)12(16)19-20-13/h3-5,11,21H,6H2,1-2H3,(H5,16,17,18,19,20,22). The van der Waals surface area contributed by atoms with Crippen LogP contribution in [0.25, 0.3) is 0 Å². The molecular weight excluding hydrogens is 289 g/mol. The van der Waals surface area contributed by atoms with Crippen molar-refractivity contribution in [3.05, 3.63) is 40.7 Å². The molecule has 0 saturated heterocycles. The molecule has 2 amide bonds. The number of nitrogens with zero attached hydrogens (tertiary/aromatic N) is 1. The number of aliphatic hydroxyl groups is 1. The molecule has 2 rings (SSSR count). The Hall–Kier alpha value is -2.61. The Bertz CT molecular complexity index is 686. The van der Waals surface area contributed by atoms with E-state index in [1.165, 1.54) is 6.07 Å². The molecule has 0 fully saturated rings. The van der Waals surface area contributed by atoms with E-state index in [1.807, 2.05) is 0 Å². The van der Waals surface area contributed by atoms with Crippen molar-refractivity contribution in [3.63, 3.8) is 0 Å². The van der Waals surface area contributed by atoms with Gasteiger partial charge in [0.1, 0.15) is 11.6 Å². The Balaban J connectivity index is 2.07.